The van der Waals surface area contributed by atoms with Crippen LogP contribution in [0.15, 0.2) is 23.1 Å². The van der Waals surface area contributed by atoms with E-state index in [-0.39, 0.29) is 23.3 Å². The number of carbonyl (C=O) groups is 2. The van der Waals surface area contributed by atoms with Crippen molar-refractivity contribution in [2.75, 3.05) is 18.0 Å². The number of hydrogen-bond acceptors (Lipinski definition) is 4. The van der Waals surface area contributed by atoms with Gasteiger partial charge in [-0.05, 0) is 49.9 Å². The first-order valence-corrected chi connectivity index (χ1v) is 9.91. The molecule has 0 aromatic heterocycles. The van der Waals surface area contributed by atoms with Crippen LogP contribution in [-0.2, 0) is 26.0 Å². The molecule has 1 atom stereocenters. The van der Waals surface area contributed by atoms with Gasteiger partial charge in [-0.2, -0.15) is 4.31 Å². The van der Waals surface area contributed by atoms with Gasteiger partial charge in [0.2, 0.25) is 15.9 Å². The van der Waals surface area contributed by atoms with E-state index in [2.05, 4.69) is 0 Å². The molecule has 1 fully saturated rings. The summed E-state index contributed by atoms with van der Waals surface area (Å²) < 4.78 is 27.5. The van der Waals surface area contributed by atoms with Gasteiger partial charge in [-0.1, -0.05) is 6.42 Å². The number of piperidine rings is 1. The van der Waals surface area contributed by atoms with E-state index in [9.17, 15) is 18.0 Å². The lowest BCUT2D eigenvalue weighted by atomic mass is 10.0. The molecule has 0 saturated carbocycles. The van der Waals surface area contributed by atoms with Gasteiger partial charge in [-0.15, -0.1) is 0 Å². The Balaban J connectivity index is 1.95. The molecule has 1 aromatic carbocycles. The fourth-order valence-corrected chi connectivity index (χ4v) is 5.32. The number of aliphatic carboxylic acids is 1. The second-order valence-corrected chi connectivity index (χ2v) is 8.52. The monoisotopic (exact) mass is 366 g/mol. The zero-order valence-corrected chi connectivity index (χ0v) is 15.0. The summed E-state index contributed by atoms with van der Waals surface area (Å²) in [4.78, 5) is 24.4. The SMILES string of the molecule is CC1CCCCN1S(=O)(=O)c1ccc2c(c1)CCC(=O)N2CC(=O)O. The van der Waals surface area contributed by atoms with Gasteiger partial charge < -0.3 is 10.0 Å². The van der Waals surface area contributed by atoms with Crippen molar-refractivity contribution in [2.24, 2.45) is 0 Å². The van der Waals surface area contributed by atoms with Crippen molar-refractivity contribution in [2.45, 2.75) is 50.0 Å². The number of rotatable bonds is 4. The first-order valence-electron chi connectivity index (χ1n) is 8.47. The molecule has 1 unspecified atom stereocenters. The largest absolute Gasteiger partial charge is 0.480 e. The molecule has 136 valence electrons. The van der Waals surface area contributed by atoms with E-state index >= 15 is 0 Å². The molecule has 2 heterocycles. The number of amides is 1. The van der Waals surface area contributed by atoms with Crippen LogP contribution < -0.4 is 4.90 Å². The maximum absolute atomic E-state index is 13.0. The maximum Gasteiger partial charge on any atom is 0.323 e. The molecule has 3 rings (SSSR count). The smallest absolute Gasteiger partial charge is 0.323 e. The van der Waals surface area contributed by atoms with E-state index < -0.39 is 22.5 Å². The van der Waals surface area contributed by atoms with Gasteiger partial charge >= 0.3 is 5.97 Å². The van der Waals surface area contributed by atoms with Gasteiger partial charge in [0, 0.05) is 24.7 Å². The molecule has 0 aliphatic carbocycles. The Labute approximate surface area is 147 Å². The zero-order chi connectivity index (χ0) is 18.2. The van der Waals surface area contributed by atoms with Crippen molar-refractivity contribution >= 4 is 27.6 Å². The summed E-state index contributed by atoms with van der Waals surface area (Å²) in [5.74, 6) is -1.35. The fourth-order valence-electron chi connectivity index (χ4n) is 3.57. The molecular weight excluding hydrogens is 344 g/mol. The normalized spacial score (nSPS) is 21.9. The molecule has 1 saturated heterocycles. The minimum atomic E-state index is -3.59. The van der Waals surface area contributed by atoms with Crippen molar-refractivity contribution in [3.63, 3.8) is 0 Å². The van der Waals surface area contributed by atoms with Crippen LogP contribution in [-0.4, -0.2) is 48.8 Å². The second kappa shape index (κ2) is 6.76. The Kier molecular flexibility index (Phi) is 4.83. The van der Waals surface area contributed by atoms with Crippen LogP contribution in [0.25, 0.3) is 0 Å². The van der Waals surface area contributed by atoms with E-state index in [0.717, 1.165) is 19.3 Å². The molecule has 7 nitrogen and oxygen atoms in total. The summed E-state index contributed by atoms with van der Waals surface area (Å²) in [7, 11) is -3.59. The van der Waals surface area contributed by atoms with Crippen LogP contribution in [0.3, 0.4) is 0 Å². The molecule has 25 heavy (non-hydrogen) atoms. The number of aryl methyl sites for hydroxylation is 1. The van der Waals surface area contributed by atoms with Crippen molar-refractivity contribution in [3.8, 4) is 0 Å². The Hall–Kier alpha value is -1.93. The highest BCUT2D eigenvalue weighted by molar-refractivity contribution is 7.89. The summed E-state index contributed by atoms with van der Waals surface area (Å²) >= 11 is 0. The molecule has 2 aliphatic rings. The fraction of sp³-hybridized carbons (Fsp3) is 0.529. The molecule has 2 aliphatic heterocycles. The Morgan fingerprint density at radius 2 is 2.04 bits per heavy atom. The third-order valence-electron chi connectivity index (χ3n) is 4.89. The summed E-state index contributed by atoms with van der Waals surface area (Å²) in [5.41, 5.74) is 1.19. The van der Waals surface area contributed by atoms with Crippen molar-refractivity contribution in [1.82, 2.24) is 4.31 Å². The third-order valence-corrected chi connectivity index (χ3v) is 6.90. The Morgan fingerprint density at radius 3 is 2.72 bits per heavy atom. The van der Waals surface area contributed by atoms with Gasteiger partial charge in [0.05, 0.1) is 4.90 Å². The van der Waals surface area contributed by atoms with Crippen molar-refractivity contribution in [1.29, 1.82) is 0 Å². The topological polar surface area (TPSA) is 95.0 Å². The third kappa shape index (κ3) is 3.41. The standard InChI is InChI=1S/C17H22N2O5S/c1-12-4-2-3-9-19(12)25(23,24)14-6-7-15-13(10-14)5-8-16(20)18(15)11-17(21)22/h6-7,10,12H,2-5,8-9,11H2,1H3,(H,21,22). The zero-order valence-electron chi connectivity index (χ0n) is 14.1. The first kappa shape index (κ1) is 17.9. The van der Waals surface area contributed by atoms with Gasteiger partial charge in [-0.3, -0.25) is 9.59 Å². The average Bonchev–Trinajstić information content (AvgIpc) is 2.57. The number of carbonyl (C=O) groups excluding carboxylic acids is 1. The van der Waals surface area contributed by atoms with Crippen LogP contribution in [0.2, 0.25) is 0 Å². The predicted molar refractivity (Wildman–Crippen MR) is 92.0 cm³/mol. The highest BCUT2D eigenvalue weighted by Crippen LogP contribution is 2.32. The van der Waals surface area contributed by atoms with Gasteiger partial charge in [0.15, 0.2) is 0 Å². The lowest BCUT2D eigenvalue weighted by molar-refractivity contribution is -0.136. The number of nitrogens with zero attached hydrogens (tertiary/aromatic N) is 2. The van der Waals surface area contributed by atoms with E-state index in [0.29, 0.717) is 24.2 Å². The van der Waals surface area contributed by atoms with E-state index in [4.69, 9.17) is 5.11 Å². The quantitative estimate of drug-likeness (QED) is 0.874. The molecule has 1 amide bonds. The van der Waals surface area contributed by atoms with Crippen molar-refractivity contribution < 1.29 is 23.1 Å². The number of sulfonamides is 1. The van der Waals surface area contributed by atoms with E-state index in [1.54, 1.807) is 16.4 Å². The van der Waals surface area contributed by atoms with Crippen LogP contribution in [0.5, 0.6) is 0 Å². The average molecular weight is 366 g/mol. The summed E-state index contributed by atoms with van der Waals surface area (Å²) in [6, 6.07) is 4.59. The first-order chi connectivity index (χ1) is 11.8. The highest BCUT2D eigenvalue weighted by Gasteiger charge is 2.33. The number of carboxylic acids is 1. The van der Waals surface area contributed by atoms with Crippen LogP contribution in [0, 0.1) is 0 Å². The molecule has 1 aromatic rings. The van der Waals surface area contributed by atoms with Crippen LogP contribution >= 0.6 is 0 Å². The summed E-state index contributed by atoms with van der Waals surface area (Å²) in [5, 5.41) is 9.00. The Morgan fingerprint density at radius 1 is 1.28 bits per heavy atom. The molecular formula is C17H22N2O5S. The number of benzene rings is 1. The van der Waals surface area contributed by atoms with Crippen LogP contribution in [0.4, 0.5) is 5.69 Å². The number of carboxylic acid groups (broad SMARTS) is 1. The van der Waals surface area contributed by atoms with Crippen LogP contribution in [0.1, 0.15) is 38.2 Å². The van der Waals surface area contributed by atoms with Gasteiger partial charge in [0.25, 0.3) is 0 Å². The molecule has 1 N–H and O–H groups in total. The summed E-state index contributed by atoms with van der Waals surface area (Å²) in [6.07, 6.45) is 3.34. The minimum absolute atomic E-state index is 0.0279. The second-order valence-electron chi connectivity index (χ2n) is 6.62. The van der Waals surface area contributed by atoms with Gasteiger partial charge in [-0.25, -0.2) is 8.42 Å². The number of anilines is 1. The predicted octanol–water partition coefficient (Wildman–Crippen LogP) is 1.61. The van der Waals surface area contributed by atoms with Crippen molar-refractivity contribution in [3.05, 3.63) is 23.8 Å². The van der Waals surface area contributed by atoms with Gasteiger partial charge in [0.1, 0.15) is 6.54 Å². The summed E-state index contributed by atoms with van der Waals surface area (Å²) in [6.45, 7) is 2.02. The van der Waals surface area contributed by atoms with E-state index in [1.165, 1.54) is 11.0 Å². The number of hydrogen-bond donors (Lipinski definition) is 1. The number of fused-ring (bicyclic) bond motifs is 1. The lowest BCUT2D eigenvalue weighted by Crippen LogP contribution is -2.42. The molecule has 8 heteroatoms. The lowest BCUT2D eigenvalue weighted by Gasteiger charge is -2.33. The molecule has 0 radical (unpaired) electrons. The molecule has 0 bridgehead atoms. The Bertz CT molecular complexity index is 805. The molecule has 0 spiro atoms. The van der Waals surface area contributed by atoms with E-state index in [1.807, 2.05) is 6.92 Å². The minimum Gasteiger partial charge on any atom is -0.480 e. The highest BCUT2D eigenvalue weighted by atomic mass is 32.2. The maximum atomic E-state index is 13.0.